The van der Waals surface area contributed by atoms with Crippen molar-refractivity contribution in [3.05, 3.63) is 28.2 Å². The van der Waals surface area contributed by atoms with E-state index in [-0.39, 0.29) is 12.6 Å². The molecule has 2 amide bonds. The standard InChI is InChI=1S/C15H16ClN3O3S/c1-15(13(20)21)4-5-19(8-15)14(22)17-7-12-18-10-6-9(16)2-3-11(10)23-12/h2-3,6H,4-5,7-8H2,1H3,(H,17,22)(H,20,21). The van der Waals surface area contributed by atoms with Crippen molar-refractivity contribution in [3.8, 4) is 0 Å². The zero-order valence-electron chi connectivity index (χ0n) is 12.5. The molecule has 2 heterocycles. The molecule has 1 atom stereocenters. The second-order valence-corrected chi connectivity index (χ2v) is 7.47. The number of carbonyl (C=O) groups excluding carboxylic acids is 1. The molecule has 6 nitrogen and oxygen atoms in total. The summed E-state index contributed by atoms with van der Waals surface area (Å²) in [6.45, 7) is 2.66. The fourth-order valence-corrected chi connectivity index (χ4v) is 3.65. The predicted octanol–water partition coefficient (Wildman–Crippen LogP) is 2.96. The van der Waals surface area contributed by atoms with Gasteiger partial charge in [-0.25, -0.2) is 9.78 Å². The van der Waals surface area contributed by atoms with Gasteiger partial charge in [0.15, 0.2) is 0 Å². The Morgan fingerprint density at radius 1 is 1.52 bits per heavy atom. The largest absolute Gasteiger partial charge is 0.481 e. The van der Waals surface area contributed by atoms with Crippen molar-refractivity contribution >= 4 is 45.2 Å². The van der Waals surface area contributed by atoms with E-state index >= 15 is 0 Å². The normalized spacial score (nSPS) is 20.9. The molecule has 1 saturated heterocycles. The van der Waals surface area contributed by atoms with Gasteiger partial charge in [0.05, 0.1) is 22.2 Å². The van der Waals surface area contributed by atoms with E-state index in [1.165, 1.54) is 16.2 Å². The topological polar surface area (TPSA) is 82.5 Å². The summed E-state index contributed by atoms with van der Waals surface area (Å²) in [4.78, 5) is 29.4. The van der Waals surface area contributed by atoms with Crippen LogP contribution in [0.2, 0.25) is 5.02 Å². The van der Waals surface area contributed by atoms with Crippen LogP contribution < -0.4 is 5.32 Å². The van der Waals surface area contributed by atoms with Gasteiger partial charge in [-0.3, -0.25) is 4.79 Å². The first-order chi connectivity index (χ1) is 10.9. The summed E-state index contributed by atoms with van der Waals surface area (Å²) in [5.74, 6) is -0.865. The number of aliphatic carboxylic acids is 1. The fraction of sp³-hybridized carbons (Fsp3) is 0.400. The molecule has 2 aromatic rings. The van der Waals surface area contributed by atoms with Crippen LogP contribution in [-0.2, 0) is 11.3 Å². The Kier molecular flexibility index (Phi) is 4.16. The van der Waals surface area contributed by atoms with Gasteiger partial charge in [0, 0.05) is 18.1 Å². The maximum atomic E-state index is 12.2. The number of nitrogens with one attached hydrogen (secondary N) is 1. The Morgan fingerprint density at radius 3 is 3.00 bits per heavy atom. The number of nitrogens with zero attached hydrogens (tertiary/aromatic N) is 2. The highest BCUT2D eigenvalue weighted by Gasteiger charge is 2.42. The number of benzene rings is 1. The third kappa shape index (κ3) is 3.25. The van der Waals surface area contributed by atoms with Gasteiger partial charge in [0.2, 0.25) is 0 Å². The van der Waals surface area contributed by atoms with E-state index in [1.807, 2.05) is 6.07 Å². The Bertz CT molecular complexity index is 778. The lowest BCUT2D eigenvalue weighted by Gasteiger charge is -2.20. The summed E-state index contributed by atoms with van der Waals surface area (Å²) in [5.41, 5.74) is -0.0457. The van der Waals surface area contributed by atoms with Gasteiger partial charge in [-0.2, -0.15) is 0 Å². The zero-order chi connectivity index (χ0) is 16.6. The third-order valence-corrected chi connectivity index (χ3v) is 5.33. The van der Waals surface area contributed by atoms with Gasteiger partial charge in [-0.15, -0.1) is 11.3 Å². The van der Waals surface area contributed by atoms with E-state index in [0.717, 1.165) is 15.2 Å². The van der Waals surface area contributed by atoms with Gasteiger partial charge >= 0.3 is 12.0 Å². The summed E-state index contributed by atoms with van der Waals surface area (Å²) in [5, 5.41) is 13.4. The van der Waals surface area contributed by atoms with Crippen molar-refractivity contribution in [1.29, 1.82) is 0 Å². The highest BCUT2D eigenvalue weighted by atomic mass is 35.5. The van der Waals surface area contributed by atoms with Gasteiger partial charge < -0.3 is 15.3 Å². The number of hydrogen-bond acceptors (Lipinski definition) is 4. The molecule has 0 bridgehead atoms. The highest BCUT2D eigenvalue weighted by Crippen LogP contribution is 2.30. The Hall–Kier alpha value is -1.86. The van der Waals surface area contributed by atoms with Crippen LogP contribution in [0.5, 0.6) is 0 Å². The molecule has 1 unspecified atom stereocenters. The number of carboxylic acid groups (broad SMARTS) is 1. The van der Waals surface area contributed by atoms with Crippen LogP contribution in [0.15, 0.2) is 18.2 Å². The van der Waals surface area contributed by atoms with E-state index in [1.54, 1.807) is 19.1 Å². The SMILES string of the molecule is CC1(C(=O)O)CCN(C(=O)NCc2nc3cc(Cl)ccc3s2)C1. The number of fused-ring (bicyclic) bond motifs is 1. The van der Waals surface area contributed by atoms with Crippen molar-refractivity contribution in [2.24, 2.45) is 5.41 Å². The second kappa shape index (κ2) is 5.98. The molecule has 0 saturated carbocycles. The molecule has 1 aliphatic rings. The Labute approximate surface area is 142 Å². The lowest BCUT2D eigenvalue weighted by Crippen LogP contribution is -2.40. The quantitative estimate of drug-likeness (QED) is 0.888. The number of halogens is 1. The monoisotopic (exact) mass is 353 g/mol. The van der Waals surface area contributed by atoms with Crippen LogP contribution in [0.1, 0.15) is 18.4 Å². The van der Waals surface area contributed by atoms with Crippen molar-refractivity contribution in [1.82, 2.24) is 15.2 Å². The molecule has 1 aliphatic heterocycles. The molecule has 0 spiro atoms. The van der Waals surface area contributed by atoms with Crippen molar-refractivity contribution in [3.63, 3.8) is 0 Å². The van der Waals surface area contributed by atoms with Crippen LogP contribution in [0.25, 0.3) is 10.2 Å². The average Bonchev–Trinajstić information content (AvgIpc) is 3.08. The van der Waals surface area contributed by atoms with E-state index in [9.17, 15) is 14.7 Å². The van der Waals surface area contributed by atoms with Crippen LogP contribution in [0.4, 0.5) is 4.79 Å². The minimum atomic E-state index is -0.865. The maximum absolute atomic E-state index is 12.2. The second-order valence-electron chi connectivity index (χ2n) is 5.92. The summed E-state index contributed by atoms with van der Waals surface area (Å²) in [6, 6.07) is 5.24. The smallest absolute Gasteiger partial charge is 0.317 e. The number of carboxylic acids is 1. The van der Waals surface area contributed by atoms with Crippen LogP contribution >= 0.6 is 22.9 Å². The summed E-state index contributed by atoms with van der Waals surface area (Å²) < 4.78 is 1.01. The molecule has 2 N–H and O–H groups in total. The first-order valence-corrected chi connectivity index (χ1v) is 8.38. The predicted molar refractivity (Wildman–Crippen MR) is 88.8 cm³/mol. The summed E-state index contributed by atoms with van der Waals surface area (Å²) in [7, 11) is 0. The zero-order valence-corrected chi connectivity index (χ0v) is 14.1. The lowest BCUT2D eigenvalue weighted by molar-refractivity contribution is -0.146. The van der Waals surface area contributed by atoms with E-state index in [2.05, 4.69) is 10.3 Å². The number of rotatable bonds is 3. The first kappa shape index (κ1) is 16.0. The van der Waals surface area contributed by atoms with Crippen molar-refractivity contribution in [2.45, 2.75) is 19.9 Å². The molecular formula is C15H16ClN3O3S. The summed E-state index contributed by atoms with van der Waals surface area (Å²) >= 11 is 7.43. The molecular weight excluding hydrogens is 338 g/mol. The first-order valence-electron chi connectivity index (χ1n) is 7.18. The van der Waals surface area contributed by atoms with E-state index in [0.29, 0.717) is 24.5 Å². The van der Waals surface area contributed by atoms with Gasteiger partial charge in [-0.05, 0) is 31.5 Å². The number of thiazole rings is 1. The average molecular weight is 354 g/mol. The number of urea groups is 1. The van der Waals surface area contributed by atoms with Gasteiger partial charge in [-0.1, -0.05) is 11.6 Å². The molecule has 3 rings (SSSR count). The van der Waals surface area contributed by atoms with Gasteiger partial charge in [0.1, 0.15) is 5.01 Å². The molecule has 1 aromatic heterocycles. The van der Waals surface area contributed by atoms with Crippen LogP contribution in [0.3, 0.4) is 0 Å². The van der Waals surface area contributed by atoms with Crippen molar-refractivity contribution < 1.29 is 14.7 Å². The number of aromatic nitrogens is 1. The van der Waals surface area contributed by atoms with Crippen LogP contribution in [0, 0.1) is 5.41 Å². The number of amides is 2. The summed E-state index contributed by atoms with van der Waals surface area (Å²) in [6.07, 6.45) is 0.468. The number of carbonyl (C=O) groups is 2. The van der Waals surface area contributed by atoms with Crippen LogP contribution in [-0.4, -0.2) is 40.1 Å². The highest BCUT2D eigenvalue weighted by molar-refractivity contribution is 7.18. The molecule has 1 aromatic carbocycles. The third-order valence-electron chi connectivity index (χ3n) is 4.06. The Balaban J connectivity index is 1.61. The molecule has 23 heavy (non-hydrogen) atoms. The number of likely N-dealkylation sites (tertiary alicyclic amines) is 1. The Morgan fingerprint density at radius 2 is 2.30 bits per heavy atom. The van der Waals surface area contributed by atoms with E-state index < -0.39 is 11.4 Å². The number of hydrogen-bond donors (Lipinski definition) is 2. The van der Waals surface area contributed by atoms with Gasteiger partial charge in [0.25, 0.3) is 0 Å². The maximum Gasteiger partial charge on any atom is 0.317 e. The minimum Gasteiger partial charge on any atom is -0.481 e. The molecule has 122 valence electrons. The molecule has 1 fully saturated rings. The van der Waals surface area contributed by atoms with E-state index in [4.69, 9.17) is 11.6 Å². The molecule has 0 radical (unpaired) electrons. The minimum absolute atomic E-state index is 0.226. The lowest BCUT2D eigenvalue weighted by atomic mass is 9.90. The molecule has 0 aliphatic carbocycles. The fourth-order valence-electron chi connectivity index (χ4n) is 2.60. The van der Waals surface area contributed by atoms with Crippen molar-refractivity contribution in [2.75, 3.05) is 13.1 Å². The molecule has 8 heteroatoms.